The molecule has 1 aliphatic rings. The Morgan fingerprint density at radius 2 is 2.07 bits per heavy atom. The first-order valence-corrected chi connectivity index (χ1v) is 9.56. The van der Waals surface area contributed by atoms with Crippen LogP contribution in [0.4, 0.5) is 11.4 Å². The first kappa shape index (κ1) is 20.9. The number of nitriles is 1. The fraction of sp³-hybridized carbons (Fsp3) is 0.150. The molecule has 0 aliphatic carbocycles. The highest BCUT2D eigenvalue weighted by atomic mass is 32.2. The number of thioether (sulfide) groups is 1. The minimum atomic E-state index is -0.948. The van der Waals surface area contributed by atoms with Gasteiger partial charge in [0.25, 0.3) is 11.6 Å². The van der Waals surface area contributed by atoms with Gasteiger partial charge in [0.2, 0.25) is 5.91 Å². The molecule has 0 saturated carbocycles. The molecule has 30 heavy (non-hydrogen) atoms. The number of benzene rings is 2. The van der Waals surface area contributed by atoms with Gasteiger partial charge in [-0.15, -0.1) is 0 Å². The lowest BCUT2D eigenvalue weighted by Crippen LogP contribution is -2.31. The van der Waals surface area contributed by atoms with Crippen molar-refractivity contribution in [2.75, 3.05) is 12.0 Å². The van der Waals surface area contributed by atoms with Crippen LogP contribution in [0.25, 0.3) is 0 Å². The monoisotopic (exact) mass is 424 g/mol. The van der Waals surface area contributed by atoms with Crippen LogP contribution in [0.1, 0.15) is 5.56 Å². The second-order valence-corrected chi connectivity index (χ2v) is 7.46. The normalized spacial score (nSPS) is 17.4. The number of hydrogen-bond donors (Lipinski definition) is 1. The number of nitrogens with zero attached hydrogens (tertiary/aromatic N) is 3. The molecule has 2 amide bonds. The van der Waals surface area contributed by atoms with Crippen molar-refractivity contribution >= 4 is 35.0 Å². The summed E-state index contributed by atoms with van der Waals surface area (Å²) in [4.78, 5) is 36.8. The summed E-state index contributed by atoms with van der Waals surface area (Å²) in [7, 11) is 1.48. The Kier molecular flexibility index (Phi) is 6.03. The summed E-state index contributed by atoms with van der Waals surface area (Å²) in [5.41, 5.74) is 5.93. The summed E-state index contributed by atoms with van der Waals surface area (Å²) < 4.78 is 5.20. The third-order valence-electron chi connectivity index (χ3n) is 4.38. The van der Waals surface area contributed by atoms with E-state index in [2.05, 4.69) is 0 Å². The highest BCUT2D eigenvalue weighted by Gasteiger charge is 2.40. The molecular formula is C20H16N4O5S. The molecule has 1 aliphatic heterocycles. The van der Waals surface area contributed by atoms with Crippen LogP contribution in [0, 0.1) is 21.4 Å². The van der Waals surface area contributed by atoms with E-state index in [4.69, 9.17) is 10.5 Å². The smallest absolute Gasteiger partial charge is 0.269 e. The lowest BCUT2D eigenvalue weighted by molar-refractivity contribution is -0.384. The number of amides is 2. The van der Waals surface area contributed by atoms with Crippen LogP contribution in [-0.4, -0.2) is 29.1 Å². The number of rotatable bonds is 6. The van der Waals surface area contributed by atoms with Gasteiger partial charge >= 0.3 is 0 Å². The molecular weight excluding hydrogens is 408 g/mol. The summed E-state index contributed by atoms with van der Waals surface area (Å²) in [5, 5.41) is 19.9. The number of methoxy groups -OCH3 is 1. The van der Waals surface area contributed by atoms with Crippen LogP contribution in [0.5, 0.6) is 5.75 Å². The maximum absolute atomic E-state index is 13.2. The molecule has 0 aromatic heterocycles. The fourth-order valence-electron chi connectivity index (χ4n) is 3.00. The van der Waals surface area contributed by atoms with Gasteiger partial charge in [0.05, 0.1) is 23.0 Å². The van der Waals surface area contributed by atoms with Crippen LogP contribution >= 0.6 is 11.8 Å². The Morgan fingerprint density at radius 3 is 2.70 bits per heavy atom. The van der Waals surface area contributed by atoms with Crippen molar-refractivity contribution in [2.24, 2.45) is 5.73 Å². The Labute approximate surface area is 175 Å². The van der Waals surface area contributed by atoms with Crippen molar-refractivity contribution < 1.29 is 19.2 Å². The average Bonchev–Trinajstić information content (AvgIpc) is 3.04. The van der Waals surface area contributed by atoms with Crippen molar-refractivity contribution in [1.29, 1.82) is 5.26 Å². The quantitative estimate of drug-likeness (QED) is 0.325. The molecule has 2 aromatic carbocycles. The Morgan fingerprint density at radius 1 is 1.33 bits per heavy atom. The fourth-order valence-corrected chi connectivity index (χ4v) is 4.31. The summed E-state index contributed by atoms with van der Waals surface area (Å²) in [6.45, 7) is 0. The lowest BCUT2D eigenvalue weighted by atomic mass is 10.1. The van der Waals surface area contributed by atoms with Crippen molar-refractivity contribution in [2.45, 2.75) is 11.7 Å². The number of ether oxygens (including phenoxy) is 1. The summed E-state index contributed by atoms with van der Waals surface area (Å²) in [6, 6.07) is 14.4. The standard InChI is InChI=1S/C20H16N4O5S/c1-29-15-7-3-5-13(10-15)23-19(26)17(30-20(23)16(11-21)18(22)25)9-12-4-2-6-14(8-12)24(27)28/h2-8,10,17H,9H2,1H3,(H2,22,25)/b20-16-. The Bertz CT molecular complexity index is 1110. The zero-order valence-corrected chi connectivity index (χ0v) is 16.6. The molecule has 1 heterocycles. The largest absolute Gasteiger partial charge is 0.497 e. The van der Waals surface area contributed by atoms with Gasteiger partial charge in [-0.1, -0.05) is 30.0 Å². The zero-order chi connectivity index (χ0) is 21.8. The average molecular weight is 424 g/mol. The number of nitro benzene ring substituents is 1. The van der Waals surface area contributed by atoms with Gasteiger partial charge in [-0.25, -0.2) is 0 Å². The molecule has 1 fully saturated rings. The molecule has 2 N–H and O–H groups in total. The van der Waals surface area contributed by atoms with E-state index in [0.29, 0.717) is 17.0 Å². The molecule has 0 bridgehead atoms. The predicted octanol–water partition coefficient (Wildman–Crippen LogP) is 2.51. The molecule has 1 atom stereocenters. The SMILES string of the molecule is COc1cccc(N2C(=O)C(Cc3cccc([N+](=O)[O-])c3)S/C2=C(/C#N)C(N)=O)c1. The third kappa shape index (κ3) is 4.11. The highest BCUT2D eigenvalue weighted by Crippen LogP contribution is 2.42. The van der Waals surface area contributed by atoms with Crippen molar-refractivity contribution in [3.05, 3.63) is 74.8 Å². The number of anilines is 1. The molecule has 9 nitrogen and oxygen atoms in total. The van der Waals surface area contributed by atoms with Gasteiger partial charge in [0, 0.05) is 18.2 Å². The van der Waals surface area contributed by atoms with E-state index in [1.807, 2.05) is 0 Å². The molecule has 0 spiro atoms. The number of nitrogens with two attached hydrogens (primary N) is 1. The summed E-state index contributed by atoms with van der Waals surface area (Å²) in [6.07, 6.45) is 0.173. The number of nitro groups is 1. The van der Waals surface area contributed by atoms with E-state index in [9.17, 15) is 25.0 Å². The van der Waals surface area contributed by atoms with E-state index in [-0.39, 0.29) is 28.6 Å². The van der Waals surface area contributed by atoms with Gasteiger partial charge < -0.3 is 10.5 Å². The van der Waals surface area contributed by atoms with E-state index >= 15 is 0 Å². The first-order valence-electron chi connectivity index (χ1n) is 8.68. The molecule has 1 saturated heterocycles. The van der Waals surface area contributed by atoms with Gasteiger partial charge in [-0.3, -0.25) is 24.6 Å². The number of non-ortho nitro benzene ring substituents is 1. The van der Waals surface area contributed by atoms with Crippen LogP contribution in [-0.2, 0) is 16.0 Å². The van der Waals surface area contributed by atoms with E-state index in [1.54, 1.807) is 36.4 Å². The Hall–Kier alpha value is -3.84. The van der Waals surface area contributed by atoms with Crippen LogP contribution in [0.3, 0.4) is 0 Å². The van der Waals surface area contributed by atoms with E-state index < -0.39 is 16.1 Å². The summed E-state index contributed by atoms with van der Waals surface area (Å²) >= 11 is 1.03. The Balaban J connectivity index is 2.03. The third-order valence-corrected chi connectivity index (χ3v) is 5.64. The first-order chi connectivity index (χ1) is 14.3. The van der Waals surface area contributed by atoms with E-state index in [0.717, 1.165) is 11.8 Å². The predicted molar refractivity (Wildman–Crippen MR) is 110 cm³/mol. The van der Waals surface area contributed by atoms with Gasteiger partial charge in [0.15, 0.2) is 0 Å². The number of primary amides is 1. The summed E-state index contributed by atoms with van der Waals surface area (Å²) in [5.74, 6) is -0.829. The molecule has 2 aromatic rings. The van der Waals surface area contributed by atoms with Crippen LogP contribution in [0.2, 0.25) is 0 Å². The maximum Gasteiger partial charge on any atom is 0.269 e. The van der Waals surface area contributed by atoms with Crippen molar-refractivity contribution in [3.63, 3.8) is 0 Å². The lowest BCUT2D eigenvalue weighted by Gasteiger charge is -2.18. The number of hydrogen-bond acceptors (Lipinski definition) is 7. The highest BCUT2D eigenvalue weighted by molar-refractivity contribution is 8.05. The molecule has 152 valence electrons. The minimum absolute atomic E-state index is 0.0850. The van der Waals surface area contributed by atoms with Crippen molar-refractivity contribution in [3.8, 4) is 11.8 Å². The van der Waals surface area contributed by atoms with Crippen LogP contribution < -0.4 is 15.4 Å². The second-order valence-electron chi connectivity index (χ2n) is 6.27. The minimum Gasteiger partial charge on any atom is -0.497 e. The second kappa shape index (κ2) is 8.67. The molecule has 3 rings (SSSR count). The molecule has 0 radical (unpaired) electrons. The van der Waals surface area contributed by atoms with E-state index in [1.165, 1.54) is 30.2 Å². The topological polar surface area (TPSA) is 140 Å². The number of carbonyl (C=O) groups is 2. The van der Waals surface area contributed by atoms with Crippen molar-refractivity contribution in [1.82, 2.24) is 0 Å². The van der Waals surface area contributed by atoms with Crippen LogP contribution in [0.15, 0.2) is 59.1 Å². The zero-order valence-electron chi connectivity index (χ0n) is 15.8. The van der Waals surface area contributed by atoms with Gasteiger partial charge in [-0.2, -0.15) is 5.26 Å². The molecule has 1 unspecified atom stereocenters. The maximum atomic E-state index is 13.2. The molecule has 10 heteroatoms. The number of carbonyl (C=O) groups excluding carboxylic acids is 2. The van der Waals surface area contributed by atoms with Gasteiger partial charge in [-0.05, 0) is 24.1 Å². The van der Waals surface area contributed by atoms with Gasteiger partial charge in [0.1, 0.15) is 22.4 Å².